The first-order valence-corrected chi connectivity index (χ1v) is 5.80. The van der Waals surface area contributed by atoms with Crippen LogP contribution in [-0.4, -0.2) is 23.0 Å². The minimum atomic E-state index is -0.418. The van der Waals surface area contributed by atoms with Gasteiger partial charge in [-0.1, -0.05) is 13.0 Å². The van der Waals surface area contributed by atoms with Crippen molar-refractivity contribution in [2.24, 2.45) is 5.92 Å². The van der Waals surface area contributed by atoms with Gasteiger partial charge in [-0.25, -0.2) is 14.8 Å². The molecule has 1 unspecified atom stereocenters. The Labute approximate surface area is 101 Å². The normalized spacial score (nSPS) is 19.6. The quantitative estimate of drug-likeness (QED) is 0.735. The zero-order valence-electron chi connectivity index (χ0n) is 10.1. The summed E-state index contributed by atoms with van der Waals surface area (Å²) in [5.41, 5.74) is 2.36. The van der Waals surface area contributed by atoms with E-state index in [1.165, 1.54) is 25.4 Å². The lowest BCUT2D eigenvalue weighted by Crippen LogP contribution is -2.07. The minimum absolute atomic E-state index is 0.317. The Morgan fingerprint density at radius 3 is 2.94 bits per heavy atom. The SMILES string of the molecule is COC(=O)c1cc(C2=CCC(C)CC2)ncn1. The molecule has 1 heterocycles. The summed E-state index contributed by atoms with van der Waals surface area (Å²) < 4.78 is 4.65. The number of aromatic nitrogens is 2. The van der Waals surface area contributed by atoms with Crippen LogP contribution >= 0.6 is 0 Å². The molecule has 0 saturated heterocycles. The summed E-state index contributed by atoms with van der Waals surface area (Å²) in [5.74, 6) is 0.319. The smallest absolute Gasteiger partial charge is 0.356 e. The standard InChI is InChI=1S/C13H16N2O2/c1-9-3-5-10(6-4-9)11-7-12(13(16)17-2)15-8-14-11/h5,7-9H,3-4,6H2,1-2H3. The Bertz CT molecular complexity index is 454. The monoisotopic (exact) mass is 232 g/mol. The van der Waals surface area contributed by atoms with Crippen molar-refractivity contribution in [1.82, 2.24) is 9.97 Å². The van der Waals surface area contributed by atoms with Crippen molar-refractivity contribution in [3.05, 3.63) is 29.9 Å². The lowest BCUT2D eigenvalue weighted by Gasteiger charge is -2.17. The highest BCUT2D eigenvalue weighted by Crippen LogP contribution is 2.28. The van der Waals surface area contributed by atoms with Crippen LogP contribution in [0.5, 0.6) is 0 Å². The molecule has 1 aliphatic carbocycles. The Hall–Kier alpha value is -1.71. The molecule has 4 heteroatoms. The molecule has 1 aromatic heterocycles. The maximum atomic E-state index is 11.4. The van der Waals surface area contributed by atoms with Gasteiger partial charge < -0.3 is 4.74 Å². The average molecular weight is 232 g/mol. The maximum Gasteiger partial charge on any atom is 0.356 e. The largest absolute Gasteiger partial charge is 0.464 e. The van der Waals surface area contributed by atoms with Gasteiger partial charge in [0.1, 0.15) is 6.33 Å². The van der Waals surface area contributed by atoms with Crippen LogP contribution < -0.4 is 0 Å². The Kier molecular flexibility index (Phi) is 3.52. The van der Waals surface area contributed by atoms with Gasteiger partial charge >= 0.3 is 5.97 Å². The third-order valence-corrected chi connectivity index (χ3v) is 3.06. The molecule has 0 bridgehead atoms. The van der Waals surface area contributed by atoms with Crippen molar-refractivity contribution in [3.8, 4) is 0 Å². The van der Waals surface area contributed by atoms with Gasteiger partial charge in [0.05, 0.1) is 12.8 Å². The zero-order valence-corrected chi connectivity index (χ0v) is 10.1. The molecular weight excluding hydrogens is 216 g/mol. The van der Waals surface area contributed by atoms with Crippen LogP contribution in [0.4, 0.5) is 0 Å². The van der Waals surface area contributed by atoms with Crippen LogP contribution in [0.1, 0.15) is 42.4 Å². The third-order valence-electron chi connectivity index (χ3n) is 3.06. The average Bonchev–Trinajstić information content (AvgIpc) is 2.39. The van der Waals surface area contributed by atoms with Crippen LogP contribution in [0.25, 0.3) is 5.57 Å². The number of allylic oxidation sites excluding steroid dienone is 2. The van der Waals surface area contributed by atoms with Crippen LogP contribution in [0.3, 0.4) is 0 Å². The number of esters is 1. The fraction of sp³-hybridized carbons (Fsp3) is 0.462. The molecule has 0 fully saturated rings. The summed E-state index contributed by atoms with van der Waals surface area (Å²) in [7, 11) is 1.35. The first-order chi connectivity index (χ1) is 8.20. The lowest BCUT2D eigenvalue weighted by atomic mass is 9.89. The highest BCUT2D eigenvalue weighted by Gasteiger charge is 2.15. The van der Waals surface area contributed by atoms with Gasteiger partial charge in [0, 0.05) is 0 Å². The topological polar surface area (TPSA) is 52.1 Å². The molecular formula is C13H16N2O2. The molecule has 1 aliphatic rings. The molecule has 0 radical (unpaired) electrons. The molecule has 0 spiro atoms. The fourth-order valence-electron chi connectivity index (χ4n) is 1.95. The number of carbonyl (C=O) groups excluding carboxylic acids is 1. The Morgan fingerprint density at radius 1 is 1.47 bits per heavy atom. The van der Waals surface area contributed by atoms with Crippen molar-refractivity contribution in [2.45, 2.75) is 26.2 Å². The summed E-state index contributed by atoms with van der Waals surface area (Å²) >= 11 is 0. The molecule has 2 rings (SSSR count). The predicted octanol–water partition coefficient (Wildman–Crippen LogP) is 2.47. The summed E-state index contributed by atoms with van der Waals surface area (Å²) in [4.78, 5) is 19.5. The van der Waals surface area contributed by atoms with Crippen LogP contribution in [0.2, 0.25) is 0 Å². The second-order valence-corrected chi connectivity index (χ2v) is 4.39. The molecule has 0 saturated carbocycles. The van der Waals surface area contributed by atoms with E-state index in [0.29, 0.717) is 5.69 Å². The molecule has 1 aromatic rings. The van der Waals surface area contributed by atoms with Crippen molar-refractivity contribution >= 4 is 11.5 Å². The van der Waals surface area contributed by atoms with Gasteiger partial charge in [-0.3, -0.25) is 0 Å². The van der Waals surface area contributed by atoms with E-state index in [9.17, 15) is 4.79 Å². The van der Waals surface area contributed by atoms with Crippen molar-refractivity contribution in [2.75, 3.05) is 7.11 Å². The zero-order chi connectivity index (χ0) is 12.3. The molecule has 17 heavy (non-hydrogen) atoms. The third kappa shape index (κ3) is 2.70. The first kappa shape index (κ1) is 11.8. The fourth-order valence-corrected chi connectivity index (χ4v) is 1.95. The molecule has 0 aromatic carbocycles. The van der Waals surface area contributed by atoms with Gasteiger partial charge in [0.2, 0.25) is 0 Å². The summed E-state index contributed by atoms with van der Waals surface area (Å²) in [5, 5.41) is 0. The molecule has 0 amide bonds. The predicted molar refractivity (Wildman–Crippen MR) is 64.4 cm³/mol. The van der Waals surface area contributed by atoms with Gasteiger partial charge in [0.25, 0.3) is 0 Å². The molecule has 1 atom stereocenters. The number of rotatable bonds is 2. The van der Waals surface area contributed by atoms with E-state index >= 15 is 0 Å². The van der Waals surface area contributed by atoms with E-state index in [-0.39, 0.29) is 0 Å². The van der Waals surface area contributed by atoms with E-state index in [0.717, 1.165) is 24.5 Å². The molecule has 0 N–H and O–H groups in total. The van der Waals surface area contributed by atoms with E-state index < -0.39 is 5.97 Å². The number of nitrogens with zero attached hydrogens (tertiary/aromatic N) is 2. The van der Waals surface area contributed by atoms with Gasteiger partial charge in [-0.05, 0) is 36.8 Å². The van der Waals surface area contributed by atoms with Gasteiger partial charge in [-0.2, -0.15) is 0 Å². The van der Waals surface area contributed by atoms with Crippen molar-refractivity contribution < 1.29 is 9.53 Å². The highest BCUT2D eigenvalue weighted by molar-refractivity contribution is 5.87. The Morgan fingerprint density at radius 2 is 2.29 bits per heavy atom. The van der Waals surface area contributed by atoms with Crippen LogP contribution in [0.15, 0.2) is 18.5 Å². The summed E-state index contributed by atoms with van der Waals surface area (Å²) in [6.07, 6.45) is 6.88. The van der Waals surface area contributed by atoms with Crippen molar-refractivity contribution in [3.63, 3.8) is 0 Å². The maximum absolute atomic E-state index is 11.4. The second-order valence-electron chi connectivity index (χ2n) is 4.39. The second kappa shape index (κ2) is 5.08. The van der Waals surface area contributed by atoms with E-state index in [4.69, 9.17) is 0 Å². The van der Waals surface area contributed by atoms with Crippen molar-refractivity contribution in [1.29, 1.82) is 0 Å². The van der Waals surface area contributed by atoms with Crippen LogP contribution in [0, 0.1) is 5.92 Å². The number of hydrogen-bond donors (Lipinski definition) is 0. The number of ether oxygens (including phenoxy) is 1. The highest BCUT2D eigenvalue weighted by atomic mass is 16.5. The number of methoxy groups -OCH3 is 1. The number of carbonyl (C=O) groups is 1. The molecule has 0 aliphatic heterocycles. The summed E-state index contributed by atoms with van der Waals surface area (Å²) in [6.45, 7) is 2.24. The minimum Gasteiger partial charge on any atom is -0.464 e. The van der Waals surface area contributed by atoms with E-state index in [1.54, 1.807) is 6.07 Å². The lowest BCUT2D eigenvalue weighted by molar-refractivity contribution is 0.0593. The van der Waals surface area contributed by atoms with Gasteiger partial charge in [0.15, 0.2) is 5.69 Å². The first-order valence-electron chi connectivity index (χ1n) is 5.80. The number of hydrogen-bond acceptors (Lipinski definition) is 4. The molecule has 4 nitrogen and oxygen atoms in total. The van der Waals surface area contributed by atoms with Crippen LogP contribution in [-0.2, 0) is 4.74 Å². The van der Waals surface area contributed by atoms with E-state index in [1.807, 2.05) is 0 Å². The summed E-state index contributed by atoms with van der Waals surface area (Å²) in [6, 6.07) is 1.70. The Balaban J connectivity index is 2.24. The molecule has 90 valence electrons. The van der Waals surface area contributed by atoms with Gasteiger partial charge in [-0.15, -0.1) is 0 Å². The van der Waals surface area contributed by atoms with E-state index in [2.05, 4.69) is 27.7 Å².